The zero-order valence-electron chi connectivity index (χ0n) is 21.3. The molecule has 0 aromatic heterocycles. The Balaban J connectivity index is 1.74. The highest BCUT2D eigenvalue weighted by Crippen LogP contribution is 2.32. The normalized spacial score (nSPS) is 15.7. The molecule has 32 heavy (non-hydrogen) atoms. The van der Waals surface area contributed by atoms with Crippen LogP contribution in [0.4, 0.5) is 0 Å². The second kappa shape index (κ2) is 16.3. The summed E-state index contributed by atoms with van der Waals surface area (Å²) in [4.78, 5) is 15.2. The van der Waals surface area contributed by atoms with Gasteiger partial charge in [0.05, 0.1) is 0 Å². The van der Waals surface area contributed by atoms with Gasteiger partial charge in [-0.05, 0) is 68.8 Å². The summed E-state index contributed by atoms with van der Waals surface area (Å²) < 4.78 is 5.89. The molecule has 0 N–H and O–H groups in total. The van der Waals surface area contributed by atoms with E-state index in [1.165, 1.54) is 81.8 Å². The van der Waals surface area contributed by atoms with Crippen molar-refractivity contribution in [1.82, 2.24) is 4.90 Å². The Hall–Kier alpha value is -1.35. The number of carbonyl (C=O) groups is 1. The van der Waals surface area contributed by atoms with E-state index in [1.54, 1.807) is 0 Å². The van der Waals surface area contributed by atoms with Gasteiger partial charge in [-0.3, -0.25) is 4.79 Å². The molecule has 3 heteroatoms. The molecule has 0 saturated heterocycles. The quantitative estimate of drug-likeness (QED) is 0.139. The van der Waals surface area contributed by atoms with Gasteiger partial charge < -0.3 is 9.64 Å². The first kappa shape index (κ1) is 26.9. The minimum atomic E-state index is -0.0564. The van der Waals surface area contributed by atoms with Gasteiger partial charge in [0.25, 0.3) is 0 Å². The molecule has 1 aliphatic rings. The molecule has 2 rings (SSSR count). The fourth-order valence-corrected chi connectivity index (χ4v) is 5.13. The Labute approximate surface area is 198 Å². The summed E-state index contributed by atoms with van der Waals surface area (Å²) in [5.74, 6) is 0.760. The first-order valence-electron chi connectivity index (χ1n) is 13.7. The number of rotatable bonds is 17. The largest absolute Gasteiger partial charge is 0.426 e. The van der Waals surface area contributed by atoms with Gasteiger partial charge in [-0.25, -0.2) is 0 Å². The van der Waals surface area contributed by atoms with Gasteiger partial charge in [0.15, 0.2) is 0 Å². The van der Waals surface area contributed by atoms with Crippen molar-refractivity contribution in [2.45, 2.75) is 130 Å². The molecule has 0 saturated carbocycles. The van der Waals surface area contributed by atoms with Crippen LogP contribution in [0.25, 0.3) is 0 Å². The van der Waals surface area contributed by atoms with Crippen LogP contribution in [0.3, 0.4) is 0 Å². The lowest BCUT2D eigenvalue weighted by Crippen LogP contribution is -2.40. The number of hydrogen-bond acceptors (Lipinski definition) is 3. The SMILES string of the molecule is CCCCCCCCCCCCC(=O)Oc1cccc2c1CC(N(CCC)CCC)CC2. The lowest BCUT2D eigenvalue weighted by Gasteiger charge is -2.35. The summed E-state index contributed by atoms with van der Waals surface area (Å²) in [5, 5.41) is 0. The summed E-state index contributed by atoms with van der Waals surface area (Å²) in [6, 6.07) is 6.85. The van der Waals surface area contributed by atoms with Crippen LogP contribution in [-0.4, -0.2) is 30.0 Å². The fourth-order valence-electron chi connectivity index (χ4n) is 5.13. The first-order valence-corrected chi connectivity index (χ1v) is 13.7. The Morgan fingerprint density at radius 1 is 0.875 bits per heavy atom. The van der Waals surface area contributed by atoms with Gasteiger partial charge in [0.2, 0.25) is 0 Å². The van der Waals surface area contributed by atoms with Crippen LogP contribution < -0.4 is 4.74 Å². The van der Waals surface area contributed by atoms with Crippen LogP contribution in [0.2, 0.25) is 0 Å². The number of esters is 1. The van der Waals surface area contributed by atoms with Crippen LogP contribution in [-0.2, 0) is 17.6 Å². The molecular weight excluding hydrogens is 394 g/mol. The summed E-state index contributed by atoms with van der Waals surface area (Å²) >= 11 is 0. The fraction of sp³-hybridized carbons (Fsp3) is 0.759. The average molecular weight is 444 g/mol. The molecule has 1 unspecified atom stereocenters. The maximum absolute atomic E-state index is 12.5. The number of fused-ring (bicyclic) bond motifs is 1. The molecule has 3 nitrogen and oxygen atoms in total. The molecule has 1 atom stereocenters. The molecular formula is C29H49NO2. The molecule has 0 aliphatic heterocycles. The van der Waals surface area contributed by atoms with Crippen molar-refractivity contribution in [1.29, 1.82) is 0 Å². The second-order valence-electron chi connectivity index (χ2n) is 9.73. The number of ether oxygens (including phenoxy) is 1. The minimum absolute atomic E-state index is 0.0564. The standard InChI is InChI=1S/C29H49NO2/c1-4-7-8-9-10-11-12-13-14-15-19-29(31)32-28-18-16-17-25-20-21-26(24-27(25)28)30(22-5-2)23-6-3/h16-18,26H,4-15,19-24H2,1-3H3. The second-order valence-corrected chi connectivity index (χ2v) is 9.73. The van der Waals surface area contributed by atoms with E-state index >= 15 is 0 Å². The summed E-state index contributed by atoms with van der Waals surface area (Å²) in [6.07, 6.45) is 19.1. The number of carbonyl (C=O) groups excluding carboxylic acids is 1. The topological polar surface area (TPSA) is 29.5 Å². The molecule has 1 aromatic rings. The Bertz CT molecular complexity index is 636. The van der Waals surface area contributed by atoms with Crippen molar-refractivity contribution < 1.29 is 9.53 Å². The third kappa shape index (κ3) is 9.65. The number of benzene rings is 1. The van der Waals surface area contributed by atoms with Gasteiger partial charge in [0, 0.05) is 12.5 Å². The van der Waals surface area contributed by atoms with E-state index in [4.69, 9.17) is 4.74 Å². The number of nitrogens with zero attached hydrogens (tertiary/aromatic N) is 1. The zero-order chi connectivity index (χ0) is 23.0. The number of aryl methyl sites for hydroxylation is 1. The number of unbranched alkanes of at least 4 members (excludes halogenated alkanes) is 9. The highest BCUT2D eigenvalue weighted by molar-refractivity contribution is 5.73. The minimum Gasteiger partial charge on any atom is -0.426 e. The van der Waals surface area contributed by atoms with Gasteiger partial charge in [0.1, 0.15) is 5.75 Å². The first-order chi connectivity index (χ1) is 15.7. The molecule has 182 valence electrons. The highest BCUT2D eigenvalue weighted by atomic mass is 16.5. The van der Waals surface area contributed by atoms with E-state index in [-0.39, 0.29) is 5.97 Å². The van der Waals surface area contributed by atoms with Crippen LogP contribution in [0.5, 0.6) is 5.75 Å². The van der Waals surface area contributed by atoms with Gasteiger partial charge in [-0.15, -0.1) is 0 Å². The van der Waals surface area contributed by atoms with Crippen molar-refractivity contribution in [3.63, 3.8) is 0 Å². The highest BCUT2D eigenvalue weighted by Gasteiger charge is 2.26. The van der Waals surface area contributed by atoms with Crippen LogP contribution in [0, 0.1) is 0 Å². The predicted molar refractivity (Wildman–Crippen MR) is 137 cm³/mol. The Morgan fingerprint density at radius 3 is 2.12 bits per heavy atom. The van der Waals surface area contributed by atoms with E-state index in [0.29, 0.717) is 12.5 Å². The van der Waals surface area contributed by atoms with Crippen molar-refractivity contribution in [2.24, 2.45) is 0 Å². The third-order valence-electron chi connectivity index (χ3n) is 6.91. The van der Waals surface area contributed by atoms with Gasteiger partial charge in [-0.1, -0.05) is 90.7 Å². The van der Waals surface area contributed by atoms with E-state index in [2.05, 4.69) is 37.8 Å². The third-order valence-corrected chi connectivity index (χ3v) is 6.91. The molecule has 0 bridgehead atoms. The lowest BCUT2D eigenvalue weighted by atomic mass is 9.86. The molecule has 1 aromatic carbocycles. The predicted octanol–water partition coefficient (Wildman–Crippen LogP) is 7.88. The zero-order valence-corrected chi connectivity index (χ0v) is 21.3. The van der Waals surface area contributed by atoms with Crippen molar-refractivity contribution in [3.05, 3.63) is 29.3 Å². The number of hydrogen-bond donors (Lipinski definition) is 0. The van der Waals surface area contributed by atoms with E-state index in [9.17, 15) is 4.79 Å². The molecule has 0 spiro atoms. The monoisotopic (exact) mass is 443 g/mol. The van der Waals surface area contributed by atoms with E-state index in [0.717, 1.165) is 44.5 Å². The summed E-state index contributed by atoms with van der Waals surface area (Å²) in [5.41, 5.74) is 2.65. The van der Waals surface area contributed by atoms with Gasteiger partial charge >= 0.3 is 5.97 Å². The molecule has 1 aliphatic carbocycles. The van der Waals surface area contributed by atoms with Crippen LogP contribution in [0.1, 0.15) is 122 Å². The van der Waals surface area contributed by atoms with Crippen LogP contribution >= 0.6 is 0 Å². The maximum atomic E-state index is 12.5. The van der Waals surface area contributed by atoms with Crippen molar-refractivity contribution in [2.75, 3.05) is 13.1 Å². The maximum Gasteiger partial charge on any atom is 0.311 e. The lowest BCUT2D eigenvalue weighted by molar-refractivity contribution is -0.134. The van der Waals surface area contributed by atoms with E-state index < -0.39 is 0 Å². The Kier molecular flexibility index (Phi) is 13.7. The Morgan fingerprint density at radius 2 is 1.50 bits per heavy atom. The van der Waals surface area contributed by atoms with Crippen molar-refractivity contribution >= 4 is 5.97 Å². The molecule has 0 amide bonds. The smallest absolute Gasteiger partial charge is 0.311 e. The summed E-state index contributed by atoms with van der Waals surface area (Å²) in [6.45, 7) is 9.12. The van der Waals surface area contributed by atoms with Crippen LogP contribution in [0.15, 0.2) is 18.2 Å². The average Bonchev–Trinajstić information content (AvgIpc) is 2.80. The molecule has 0 radical (unpaired) electrons. The molecule has 0 heterocycles. The van der Waals surface area contributed by atoms with E-state index in [1.807, 2.05) is 6.07 Å². The van der Waals surface area contributed by atoms with Gasteiger partial charge in [-0.2, -0.15) is 0 Å². The summed E-state index contributed by atoms with van der Waals surface area (Å²) in [7, 11) is 0. The molecule has 0 fully saturated rings. The van der Waals surface area contributed by atoms with Crippen molar-refractivity contribution in [3.8, 4) is 5.75 Å².